The van der Waals surface area contributed by atoms with Crippen molar-refractivity contribution in [2.24, 2.45) is 0 Å². The Labute approximate surface area is 168 Å². The van der Waals surface area contributed by atoms with Crippen LogP contribution in [-0.2, 0) is 4.74 Å². The van der Waals surface area contributed by atoms with Crippen LogP contribution in [0.15, 0.2) is 36.4 Å². The largest absolute Gasteiger partial charge is 0.497 e. The maximum atomic E-state index is 14.3. The summed E-state index contributed by atoms with van der Waals surface area (Å²) in [7, 11) is 2.90. The fourth-order valence-corrected chi connectivity index (χ4v) is 3.59. The molecule has 0 saturated heterocycles. The topological polar surface area (TPSA) is 43.7 Å². The highest BCUT2D eigenvalue weighted by Crippen LogP contribution is 2.39. The van der Waals surface area contributed by atoms with E-state index >= 15 is 0 Å². The highest BCUT2D eigenvalue weighted by Gasteiger charge is 2.28. The second-order valence-corrected chi connectivity index (χ2v) is 6.59. The highest BCUT2D eigenvalue weighted by molar-refractivity contribution is 6.31. The summed E-state index contributed by atoms with van der Waals surface area (Å²) in [6.45, 7) is 5.24. The molecule has 1 aromatic heterocycles. The van der Waals surface area contributed by atoms with Crippen molar-refractivity contribution in [3.63, 3.8) is 0 Å². The zero-order valence-electron chi connectivity index (χ0n) is 16.3. The van der Waals surface area contributed by atoms with Crippen molar-refractivity contribution < 1.29 is 18.7 Å². The van der Waals surface area contributed by atoms with Crippen LogP contribution in [0.4, 0.5) is 10.1 Å². The van der Waals surface area contributed by atoms with Gasteiger partial charge in [0.15, 0.2) is 5.69 Å². The number of hydrogen-bond acceptors (Lipinski definition) is 4. The predicted molar refractivity (Wildman–Crippen MR) is 110 cm³/mol. The van der Waals surface area contributed by atoms with E-state index in [9.17, 15) is 9.18 Å². The van der Waals surface area contributed by atoms with Gasteiger partial charge in [0.25, 0.3) is 0 Å². The molecule has 1 heterocycles. The Bertz CT molecular complexity index is 1030. The summed E-state index contributed by atoms with van der Waals surface area (Å²) in [5.41, 5.74) is 2.23. The molecule has 7 heteroatoms. The monoisotopic (exact) mass is 404 g/mol. The fraction of sp³-hybridized carbons (Fsp3) is 0.286. The molecule has 0 aliphatic carbocycles. The van der Waals surface area contributed by atoms with Crippen molar-refractivity contribution in [3.8, 4) is 11.4 Å². The van der Waals surface area contributed by atoms with Gasteiger partial charge in [-0.1, -0.05) is 17.7 Å². The van der Waals surface area contributed by atoms with Crippen molar-refractivity contribution >= 4 is 34.2 Å². The molecule has 0 atom stereocenters. The molecule has 0 aliphatic heterocycles. The van der Waals surface area contributed by atoms with Crippen LogP contribution in [0.2, 0.25) is 5.02 Å². The molecule has 148 valence electrons. The maximum Gasteiger partial charge on any atom is 0.357 e. The van der Waals surface area contributed by atoms with Crippen LogP contribution in [0, 0.1) is 5.82 Å². The first-order valence-corrected chi connectivity index (χ1v) is 9.35. The van der Waals surface area contributed by atoms with Crippen molar-refractivity contribution in [1.82, 2.24) is 4.57 Å². The third kappa shape index (κ3) is 3.29. The van der Waals surface area contributed by atoms with Gasteiger partial charge in [0.2, 0.25) is 0 Å². The van der Waals surface area contributed by atoms with Crippen molar-refractivity contribution in [1.29, 1.82) is 0 Å². The number of nitrogens with zero attached hydrogens (tertiary/aromatic N) is 2. The normalized spacial score (nSPS) is 10.9. The molecular formula is C21H22ClFN2O3. The van der Waals surface area contributed by atoms with Crippen molar-refractivity contribution in [3.05, 3.63) is 52.9 Å². The molecule has 3 aromatic rings. The minimum atomic E-state index is -0.540. The molecule has 2 aromatic carbocycles. The van der Waals surface area contributed by atoms with Crippen LogP contribution in [0.3, 0.4) is 0 Å². The summed E-state index contributed by atoms with van der Waals surface area (Å²) in [6.07, 6.45) is 0. The summed E-state index contributed by atoms with van der Waals surface area (Å²) in [4.78, 5) is 14.8. The van der Waals surface area contributed by atoms with E-state index in [0.29, 0.717) is 46.8 Å². The number of fused-ring (bicyclic) bond motifs is 1. The van der Waals surface area contributed by atoms with E-state index in [1.165, 1.54) is 19.2 Å². The zero-order valence-corrected chi connectivity index (χ0v) is 17.0. The van der Waals surface area contributed by atoms with E-state index in [-0.39, 0.29) is 5.02 Å². The lowest BCUT2D eigenvalue weighted by atomic mass is 10.2. The van der Waals surface area contributed by atoms with Gasteiger partial charge in [0.1, 0.15) is 11.6 Å². The Hall–Kier alpha value is -2.73. The van der Waals surface area contributed by atoms with E-state index in [1.54, 1.807) is 17.7 Å². The summed E-state index contributed by atoms with van der Waals surface area (Å²) in [6, 6.07) is 10.2. The first-order valence-electron chi connectivity index (χ1n) is 8.97. The minimum absolute atomic E-state index is 0.0170. The maximum absolute atomic E-state index is 14.3. The van der Waals surface area contributed by atoms with Gasteiger partial charge in [-0.3, -0.25) is 0 Å². The molecule has 0 N–H and O–H groups in total. The van der Waals surface area contributed by atoms with Gasteiger partial charge >= 0.3 is 5.97 Å². The Morgan fingerprint density at radius 3 is 2.50 bits per heavy atom. The second kappa shape index (κ2) is 8.10. The van der Waals surface area contributed by atoms with Gasteiger partial charge in [-0.25, -0.2) is 9.18 Å². The summed E-state index contributed by atoms with van der Waals surface area (Å²) >= 11 is 6.09. The van der Waals surface area contributed by atoms with Gasteiger partial charge in [-0.05, 0) is 38.1 Å². The number of hydrogen-bond donors (Lipinski definition) is 0. The van der Waals surface area contributed by atoms with Gasteiger partial charge < -0.3 is 18.9 Å². The van der Waals surface area contributed by atoms with Crippen molar-refractivity contribution in [2.75, 3.05) is 32.2 Å². The molecule has 28 heavy (non-hydrogen) atoms. The average Bonchev–Trinajstić information content (AvgIpc) is 3.03. The molecule has 5 nitrogen and oxygen atoms in total. The number of carbonyl (C=O) groups is 1. The first kappa shape index (κ1) is 20.0. The van der Waals surface area contributed by atoms with Gasteiger partial charge in [0.05, 0.1) is 36.1 Å². The number of esters is 1. The van der Waals surface area contributed by atoms with E-state index < -0.39 is 11.8 Å². The van der Waals surface area contributed by atoms with E-state index in [0.717, 1.165) is 0 Å². The summed E-state index contributed by atoms with van der Waals surface area (Å²) in [5.74, 6) is -0.424. The molecule has 0 aliphatic rings. The number of ether oxygens (including phenoxy) is 2. The lowest BCUT2D eigenvalue weighted by Gasteiger charge is -2.22. The van der Waals surface area contributed by atoms with Gasteiger partial charge in [-0.15, -0.1) is 0 Å². The van der Waals surface area contributed by atoms with Crippen molar-refractivity contribution in [2.45, 2.75) is 13.8 Å². The second-order valence-electron chi connectivity index (χ2n) is 6.18. The quantitative estimate of drug-likeness (QED) is 0.538. The number of benzene rings is 2. The number of rotatable bonds is 6. The molecule has 0 unspecified atom stereocenters. The minimum Gasteiger partial charge on any atom is -0.497 e. The van der Waals surface area contributed by atoms with Crippen LogP contribution >= 0.6 is 11.6 Å². The fourth-order valence-electron chi connectivity index (χ4n) is 3.43. The number of methoxy groups -OCH3 is 2. The van der Waals surface area contributed by atoms with Crippen LogP contribution in [0.1, 0.15) is 24.3 Å². The number of aromatic nitrogens is 1. The van der Waals surface area contributed by atoms with E-state index in [2.05, 4.69) is 0 Å². The third-order valence-corrected chi connectivity index (χ3v) is 5.04. The van der Waals surface area contributed by atoms with Crippen LogP contribution in [-0.4, -0.2) is 37.8 Å². The predicted octanol–water partition coefficient (Wildman–Crippen LogP) is 5.06. The molecule has 0 spiro atoms. The lowest BCUT2D eigenvalue weighted by molar-refractivity contribution is 0.0593. The average molecular weight is 405 g/mol. The Morgan fingerprint density at radius 2 is 1.89 bits per heavy atom. The third-order valence-electron chi connectivity index (χ3n) is 4.75. The van der Waals surface area contributed by atoms with Crippen LogP contribution in [0.25, 0.3) is 16.6 Å². The summed E-state index contributed by atoms with van der Waals surface area (Å²) in [5, 5.41) is 0.575. The number of carbonyl (C=O) groups excluding carboxylic acids is 1. The molecule has 0 fully saturated rings. The molecule has 0 amide bonds. The lowest BCUT2D eigenvalue weighted by Crippen LogP contribution is -2.24. The summed E-state index contributed by atoms with van der Waals surface area (Å²) < 4.78 is 26.5. The van der Waals surface area contributed by atoms with Gasteiger partial charge in [-0.2, -0.15) is 0 Å². The highest BCUT2D eigenvalue weighted by atomic mass is 35.5. The molecule has 3 rings (SSSR count). The number of halogens is 2. The van der Waals surface area contributed by atoms with E-state index in [1.807, 2.05) is 36.9 Å². The van der Waals surface area contributed by atoms with Crippen LogP contribution in [0.5, 0.6) is 5.75 Å². The molecular weight excluding hydrogens is 383 g/mol. The zero-order chi connectivity index (χ0) is 20.4. The van der Waals surface area contributed by atoms with E-state index in [4.69, 9.17) is 21.1 Å². The smallest absolute Gasteiger partial charge is 0.357 e. The molecule has 0 bridgehead atoms. The van der Waals surface area contributed by atoms with Gasteiger partial charge in [0, 0.05) is 24.5 Å². The Morgan fingerprint density at radius 1 is 1.18 bits per heavy atom. The Kier molecular flexibility index (Phi) is 5.79. The van der Waals surface area contributed by atoms with Crippen LogP contribution < -0.4 is 9.64 Å². The first-order chi connectivity index (χ1) is 13.5. The Balaban J connectivity index is 2.50. The SMILES string of the molecule is CCN(CC)c1c(C(=O)OC)n(-c2cccc(OC)c2)c2cc(Cl)c(F)cc12. The molecule has 0 radical (unpaired) electrons. The standard InChI is InChI=1S/C21H22ClFN2O3/c1-5-24(6-2)19-15-11-17(23)16(22)12-18(15)25(20(19)21(26)28-4)13-8-7-9-14(10-13)27-3/h7-12H,5-6H2,1-4H3. The molecule has 0 saturated carbocycles. The number of anilines is 1.